The van der Waals surface area contributed by atoms with Crippen LogP contribution in [-0.4, -0.2) is 42.8 Å². The van der Waals surface area contributed by atoms with E-state index in [4.69, 9.17) is 18.9 Å². The van der Waals surface area contributed by atoms with Gasteiger partial charge >= 0.3 is 12.3 Å². The van der Waals surface area contributed by atoms with Crippen LogP contribution in [0.15, 0.2) is 42.5 Å². The highest BCUT2D eigenvalue weighted by atomic mass is 19.4. The van der Waals surface area contributed by atoms with Gasteiger partial charge in [0.2, 0.25) is 0 Å². The molecule has 1 heterocycles. The molecule has 6 nitrogen and oxygen atoms in total. The van der Waals surface area contributed by atoms with Crippen LogP contribution < -0.4 is 10.1 Å². The van der Waals surface area contributed by atoms with Crippen LogP contribution in [0.4, 0.5) is 22.4 Å². The number of carbonyl (C=O) groups excluding carboxylic acids is 1. The Morgan fingerprint density at radius 3 is 2.28 bits per heavy atom. The van der Waals surface area contributed by atoms with Crippen LogP contribution in [-0.2, 0) is 33.2 Å². The van der Waals surface area contributed by atoms with Crippen molar-refractivity contribution in [3.8, 4) is 5.75 Å². The maximum atomic E-state index is 13.9. The molecular formula is C29H37F4NO5. The SMILES string of the molecule is CC(C)(C)OC(=O)NC1(CCc2ccc(OCCCc3cccc(F)c3)c(C(F)(F)F)c2)COC(C)(C)OC1. The minimum atomic E-state index is -4.62. The quantitative estimate of drug-likeness (QED) is 0.271. The fraction of sp³-hybridized carbons (Fsp3) is 0.552. The van der Waals surface area contributed by atoms with Crippen molar-refractivity contribution < 1.29 is 41.3 Å². The number of aryl methyl sites for hydroxylation is 2. The molecule has 2 aromatic rings. The van der Waals surface area contributed by atoms with Gasteiger partial charge in [0.25, 0.3) is 0 Å². The van der Waals surface area contributed by atoms with E-state index in [-0.39, 0.29) is 44.2 Å². The minimum absolute atomic E-state index is 0.0479. The largest absolute Gasteiger partial charge is 0.493 e. The Hall–Kier alpha value is -2.85. The lowest BCUT2D eigenvalue weighted by Gasteiger charge is -2.44. The molecule has 1 fully saturated rings. The van der Waals surface area contributed by atoms with Crippen LogP contribution in [0.2, 0.25) is 0 Å². The molecule has 0 radical (unpaired) electrons. The summed E-state index contributed by atoms with van der Waals surface area (Å²) >= 11 is 0. The van der Waals surface area contributed by atoms with E-state index < -0.39 is 34.8 Å². The number of rotatable bonds is 9. The van der Waals surface area contributed by atoms with Gasteiger partial charge in [-0.3, -0.25) is 0 Å². The zero-order chi connectivity index (χ0) is 28.9. The average Bonchev–Trinajstić information content (AvgIpc) is 2.81. The molecule has 0 aliphatic carbocycles. The van der Waals surface area contributed by atoms with Gasteiger partial charge in [-0.2, -0.15) is 13.2 Å². The number of hydrogen-bond donors (Lipinski definition) is 1. The summed E-state index contributed by atoms with van der Waals surface area (Å²) < 4.78 is 77.4. The summed E-state index contributed by atoms with van der Waals surface area (Å²) in [6.07, 6.45) is -3.91. The molecule has 0 bridgehead atoms. The van der Waals surface area contributed by atoms with E-state index >= 15 is 0 Å². The third-order valence-electron chi connectivity index (χ3n) is 6.16. The van der Waals surface area contributed by atoms with Crippen molar-refractivity contribution in [1.29, 1.82) is 0 Å². The summed E-state index contributed by atoms with van der Waals surface area (Å²) in [7, 11) is 0. The lowest BCUT2D eigenvalue weighted by Crippen LogP contribution is -2.61. The van der Waals surface area contributed by atoms with Crippen LogP contribution in [0.1, 0.15) is 64.2 Å². The Morgan fingerprint density at radius 1 is 1.00 bits per heavy atom. The Labute approximate surface area is 227 Å². The van der Waals surface area contributed by atoms with Gasteiger partial charge in [0.1, 0.15) is 17.2 Å². The maximum absolute atomic E-state index is 13.9. The zero-order valence-electron chi connectivity index (χ0n) is 23.0. The van der Waals surface area contributed by atoms with Crippen LogP contribution >= 0.6 is 0 Å². The predicted octanol–water partition coefficient (Wildman–Crippen LogP) is 6.84. The maximum Gasteiger partial charge on any atom is 0.419 e. The van der Waals surface area contributed by atoms with E-state index in [1.807, 2.05) is 0 Å². The van der Waals surface area contributed by atoms with Crippen molar-refractivity contribution in [2.24, 2.45) is 0 Å². The second-order valence-electron chi connectivity index (χ2n) is 11.3. The Morgan fingerprint density at radius 2 is 1.67 bits per heavy atom. The number of nitrogens with one attached hydrogen (secondary N) is 1. The Bertz CT molecular complexity index is 1120. The van der Waals surface area contributed by atoms with Crippen LogP contribution in [0.25, 0.3) is 0 Å². The van der Waals surface area contributed by atoms with Gasteiger partial charge in [0.15, 0.2) is 5.79 Å². The first-order valence-electron chi connectivity index (χ1n) is 12.9. The Kier molecular flexibility index (Phi) is 9.54. The molecule has 0 aromatic heterocycles. The summed E-state index contributed by atoms with van der Waals surface area (Å²) in [5, 5.41) is 2.82. The van der Waals surface area contributed by atoms with Gasteiger partial charge in [0, 0.05) is 0 Å². The van der Waals surface area contributed by atoms with Crippen LogP contribution in [0, 0.1) is 5.82 Å². The minimum Gasteiger partial charge on any atom is -0.493 e. The number of carbonyl (C=O) groups is 1. The van der Waals surface area contributed by atoms with E-state index in [1.54, 1.807) is 52.8 Å². The molecular weight excluding hydrogens is 518 g/mol. The van der Waals surface area contributed by atoms with E-state index in [2.05, 4.69) is 5.32 Å². The van der Waals surface area contributed by atoms with Crippen molar-refractivity contribution in [3.63, 3.8) is 0 Å². The van der Waals surface area contributed by atoms with E-state index in [1.165, 1.54) is 18.2 Å². The molecule has 1 aliphatic heterocycles. The zero-order valence-corrected chi connectivity index (χ0v) is 23.0. The number of hydrogen-bond acceptors (Lipinski definition) is 5. The molecule has 39 heavy (non-hydrogen) atoms. The van der Waals surface area contributed by atoms with E-state index in [0.29, 0.717) is 18.4 Å². The molecule has 0 atom stereocenters. The summed E-state index contributed by atoms with van der Waals surface area (Å²) in [6.45, 7) is 8.97. The summed E-state index contributed by atoms with van der Waals surface area (Å²) in [4.78, 5) is 12.5. The summed E-state index contributed by atoms with van der Waals surface area (Å²) in [6, 6.07) is 10.0. The predicted molar refractivity (Wildman–Crippen MR) is 138 cm³/mol. The smallest absolute Gasteiger partial charge is 0.419 e. The Balaban J connectivity index is 1.68. The van der Waals surface area contributed by atoms with E-state index in [9.17, 15) is 22.4 Å². The highest BCUT2D eigenvalue weighted by molar-refractivity contribution is 5.69. The number of alkyl halides is 3. The number of benzene rings is 2. The molecule has 1 saturated heterocycles. The highest BCUT2D eigenvalue weighted by Crippen LogP contribution is 2.38. The van der Waals surface area contributed by atoms with Crippen LogP contribution in [0.3, 0.4) is 0 Å². The summed E-state index contributed by atoms with van der Waals surface area (Å²) in [5.41, 5.74) is -1.42. The second kappa shape index (κ2) is 12.1. The number of ether oxygens (including phenoxy) is 4. The lowest BCUT2D eigenvalue weighted by atomic mass is 9.91. The van der Waals surface area contributed by atoms with Crippen molar-refractivity contribution in [2.45, 2.75) is 83.4 Å². The van der Waals surface area contributed by atoms with Crippen molar-refractivity contribution >= 4 is 6.09 Å². The monoisotopic (exact) mass is 555 g/mol. The molecule has 2 aromatic carbocycles. The first-order chi connectivity index (χ1) is 18.1. The second-order valence-corrected chi connectivity index (χ2v) is 11.3. The molecule has 1 amide bonds. The van der Waals surface area contributed by atoms with E-state index in [0.717, 1.165) is 11.6 Å². The van der Waals surface area contributed by atoms with Crippen molar-refractivity contribution in [1.82, 2.24) is 5.32 Å². The first kappa shape index (κ1) is 30.7. The number of halogens is 4. The molecule has 1 N–H and O–H groups in total. The molecule has 216 valence electrons. The fourth-order valence-corrected chi connectivity index (χ4v) is 4.12. The molecule has 0 spiro atoms. The van der Waals surface area contributed by atoms with Gasteiger partial charge in [-0.25, -0.2) is 9.18 Å². The van der Waals surface area contributed by atoms with Gasteiger partial charge in [0.05, 0.1) is 30.9 Å². The van der Waals surface area contributed by atoms with Gasteiger partial charge in [-0.15, -0.1) is 0 Å². The molecule has 3 rings (SSSR count). The normalized spacial score (nSPS) is 16.9. The number of alkyl carbamates (subject to hydrolysis) is 1. The molecule has 0 saturated carbocycles. The molecule has 10 heteroatoms. The van der Waals surface area contributed by atoms with Crippen molar-refractivity contribution in [2.75, 3.05) is 19.8 Å². The van der Waals surface area contributed by atoms with Gasteiger partial charge in [-0.05, 0) is 95.7 Å². The van der Waals surface area contributed by atoms with Gasteiger partial charge < -0.3 is 24.3 Å². The van der Waals surface area contributed by atoms with Gasteiger partial charge in [-0.1, -0.05) is 18.2 Å². The fourth-order valence-electron chi connectivity index (χ4n) is 4.12. The average molecular weight is 556 g/mol. The highest BCUT2D eigenvalue weighted by Gasteiger charge is 2.42. The molecule has 0 unspecified atom stereocenters. The lowest BCUT2D eigenvalue weighted by molar-refractivity contribution is -0.271. The third-order valence-corrected chi connectivity index (χ3v) is 6.16. The topological polar surface area (TPSA) is 66.0 Å². The van der Waals surface area contributed by atoms with Crippen molar-refractivity contribution in [3.05, 3.63) is 65.0 Å². The number of amides is 1. The standard InChI is InChI=1S/C29H37F4NO5/c1-26(2,3)39-25(35)34-28(18-37-27(4,5)38-19-28)14-13-21-11-12-24(23(17-21)29(31,32)33)36-15-7-9-20-8-6-10-22(30)16-20/h6,8,10-12,16-17H,7,9,13-15,18-19H2,1-5H3,(H,34,35). The summed E-state index contributed by atoms with van der Waals surface area (Å²) in [5.74, 6) is -1.48. The third kappa shape index (κ3) is 9.69. The molecule has 1 aliphatic rings. The first-order valence-corrected chi connectivity index (χ1v) is 12.9. The van der Waals surface area contributed by atoms with Crippen LogP contribution in [0.5, 0.6) is 5.75 Å².